The number of anilines is 3. The molecule has 1 atom stereocenters. The Balaban J connectivity index is 1.67. The molecule has 0 bridgehead atoms. The van der Waals surface area contributed by atoms with Gasteiger partial charge in [0.2, 0.25) is 5.96 Å². The first-order valence-electron chi connectivity index (χ1n) is 10.3. The van der Waals surface area contributed by atoms with Crippen molar-refractivity contribution >= 4 is 23.3 Å². The molecule has 2 heterocycles. The van der Waals surface area contributed by atoms with Crippen LogP contribution in [0.15, 0.2) is 53.5 Å². The Morgan fingerprint density at radius 1 is 1.06 bits per heavy atom. The van der Waals surface area contributed by atoms with E-state index in [4.69, 9.17) is 21.5 Å². The summed E-state index contributed by atoms with van der Waals surface area (Å²) < 4.78 is 46.8. The number of hydrogen-bond donors (Lipinski definition) is 4. The molecule has 13 heteroatoms. The summed E-state index contributed by atoms with van der Waals surface area (Å²) in [7, 11) is 0. The number of guanidine groups is 1. The Kier molecular flexibility index (Phi) is 6.39. The van der Waals surface area contributed by atoms with Crippen LogP contribution in [-0.4, -0.2) is 17.3 Å². The number of fused-ring (bicyclic) bond motifs is 1. The van der Waals surface area contributed by atoms with Gasteiger partial charge in [-0.2, -0.15) is 10.5 Å². The van der Waals surface area contributed by atoms with Crippen molar-refractivity contribution in [1.82, 2.24) is 10.3 Å². The van der Waals surface area contributed by atoms with Crippen LogP contribution in [0.4, 0.5) is 30.5 Å². The maximum Gasteiger partial charge on any atom is 0.573 e. The summed E-state index contributed by atoms with van der Waals surface area (Å²) in [4.78, 5) is 8.75. The number of pyridine rings is 1. The van der Waals surface area contributed by atoms with Gasteiger partial charge in [0, 0.05) is 5.56 Å². The lowest BCUT2D eigenvalue weighted by molar-refractivity contribution is -0.274. The van der Waals surface area contributed by atoms with Crippen LogP contribution in [0.1, 0.15) is 28.3 Å². The van der Waals surface area contributed by atoms with Gasteiger partial charge in [-0.3, -0.25) is 5.32 Å². The average Bonchev–Trinajstić information content (AvgIpc) is 2.83. The van der Waals surface area contributed by atoms with Crippen molar-refractivity contribution in [2.75, 3.05) is 16.8 Å². The van der Waals surface area contributed by atoms with Crippen molar-refractivity contribution in [3.63, 3.8) is 0 Å². The lowest BCUT2D eigenvalue weighted by atomic mass is 9.92. The van der Waals surface area contributed by atoms with Gasteiger partial charge >= 0.3 is 6.36 Å². The minimum atomic E-state index is -4.79. The minimum absolute atomic E-state index is 0.00217. The Morgan fingerprint density at radius 3 is 2.42 bits per heavy atom. The van der Waals surface area contributed by atoms with Crippen molar-refractivity contribution in [3.8, 4) is 23.8 Å². The fourth-order valence-electron chi connectivity index (χ4n) is 3.64. The molecule has 1 aliphatic heterocycles. The molecule has 0 fully saturated rings. The standard InChI is InChI=1S/C23H17F3N8O2/c24-23(25,26)36-14-7-5-13(6-8-14)35-10-12-3-1-2-4-15(12)19-17-18(29)16(9-27)20(30)33-21(17)34-22(32-19)31-11-28/h1-8,19H,10H2,(H6,29,30,31,32,33,34). The van der Waals surface area contributed by atoms with Crippen LogP contribution >= 0.6 is 0 Å². The van der Waals surface area contributed by atoms with Gasteiger partial charge in [0.25, 0.3) is 0 Å². The van der Waals surface area contributed by atoms with E-state index in [1.54, 1.807) is 30.5 Å². The number of alkyl halides is 3. The SMILES string of the molecule is N#CNC1=NC(c2ccccc2COc2ccc(OC(F)(F)F)cc2)c2c(nc(N)c(C#N)c2N)N1. The van der Waals surface area contributed by atoms with Crippen LogP contribution in [-0.2, 0) is 6.61 Å². The molecule has 3 aromatic rings. The highest BCUT2D eigenvalue weighted by Gasteiger charge is 2.32. The number of rotatable bonds is 5. The first-order chi connectivity index (χ1) is 17.2. The quantitative estimate of drug-likeness (QED) is 0.306. The Hall–Kier alpha value is -5.17. The van der Waals surface area contributed by atoms with Gasteiger partial charge in [0.05, 0.1) is 5.69 Å². The van der Waals surface area contributed by atoms with Crippen molar-refractivity contribution in [2.45, 2.75) is 19.0 Å². The van der Waals surface area contributed by atoms with E-state index in [0.29, 0.717) is 22.4 Å². The fourth-order valence-corrected chi connectivity index (χ4v) is 3.64. The minimum Gasteiger partial charge on any atom is -0.489 e. The molecule has 0 saturated heterocycles. The molecule has 0 amide bonds. The van der Waals surface area contributed by atoms with Gasteiger partial charge in [-0.05, 0) is 35.4 Å². The molecule has 182 valence electrons. The Labute approximate surface area is 202 Å². The normalized spacial score (nSPS) is 14.4. The third-order valence-corrected chi connectivity index (χ3v) is 5.16. The van der Waals surface area contributed by atoms with E-state index in [-0.39, 0.29) is 41.2 Å². The van der Waals surface area contributed by atoms with Crippen molar-refractivity contribution in [2.24, 2.45) is 4.99 Å². The topological polar surface area (TPSA) is 167 Å². The Morgan fingerprint density at radius 2 is 1.75 bits per heavy atom. The summed E-state index contributed by atoms with van der Waals surface area (Å²) in [6.45, 7) is 0.0266. The number of nitriles is 2. The van der Waals surface area contributed by atoms with Crippen molar-refractivity contribution in [3.05, 3.63) is 70.8 Å². The number of halogens is 3. The number of aromatic nitrogens is 1. The molecule has 10 nitrogen and oxygen atoms in total. The number of nitrogens with zero attached hydrogens (tertiary/aromatic N) is 4. The van der Waals surface area contributed by atoms with Gasteiger partial charge in [0.1, 0.15) is 47.4 Å². The highest BCUT2D eigenvalue weighted by atomic mass is 19.4. The predicted octanol–water partition coefficient (Wildman–Crippen LogP) is 3.54. The zero-order chi connectivity index (χ0) is 25.9. The van der Waals surface area contributed by atoms with Gasteiger partial charge < -0.3 is 26.3 Å². The van der Waals surface area contributed by atoms with Gasteiger partial charge in [0.15, 0.2) is 6.19 Å². The largest absolute Gasteiger partial charge is 0.573 e. The molecular weight excluding hydrogens is 477 g/mol. The molecule has 6 N–H and O–H groups in total. The molecule has 1 unspecified atom stereocenters. The highest BCUT2D eigenvalue weighted by molar-refractivity contribution is 5.98. The van der Waals surface area contributed by atoms with Crippen LogP contribution in [0.25, 0.3) is 0 Å². The van der Waals surface area contributed by atoms with E-state index in [1.165, 1.54) is 12.1 Å². The summed E-state index contributed by atoms with van der Waals surface area (Å²) >= 11 is 0. The van der Waals surface area contributed by atoms with E-state index in [9.17, 15) is 18.4 Å². The Bertz CT molecular complexity index is 1410. The van der Waals surface area contributed by atoms with E-state index in [2.05, 4.69) is 25.3 Å². The fraction of sp³-hybridized carbons (Fsp3) is 0.130. The second-order valence-corrected chi connectivity index (χ2v) is 7.41. The summed E-state index contributed by atoms with van der Waals surface area (Å²) in [5, 5.41) is 23.8. The maximum absolute atomic E-state index is 12.4. The molecular formula is C23H17F3N8O2. The molecule has 2 aromatic carbocycles. The monoisotopic (exact) mass is 494 g/mol. The number of nitrogens with two attached hydrogens (primary N) is 2. The van der Waals surface area contributed by atoms with E-state index in [0.717, 1.165) is 12.1 Å². The molecule has 36 heavy (non-hydrogen) atoms. The zero-order valence-electron chi connectivity index (χ0n) is 18.3. The third kappa shape index (κ3) is 5.00. The summed E-state index contributed by atoms with van der Waals surface area (Å²) in [6.07, 6.45) is -3.01. The summed E-state index contributed by atoms with van der Waals surface area (Å²) in [5.74, 6) is 0.192. The molecule has 0 radical (unpaired) electrons. The first kappa shape index (κ1) is 24.0. The predicted molar refractivity (Wildman–Crippen MR) is 123 cm³/mol. The number of hydrogen-bond acceptors (Lipinski definition) is 10. The summed E-state index contributed by atoms with van der Waals surface area (Å²) in [6, 6.07) is 13.2. The van der Waals surface area contributed by atoms with Crippen molar-refractivity contribution < 1.29 is 22.6 Å². The van der Waals surface area contributed by atoms with Crippen LogP contribution in [0.3, 0.4) is 0 Å². The number of nitrogens with one attached hydrogen (secondary N) is 2. The third-order valence-electron chi connectivity index (χ3n) is 5.16. The summed E-state index contributed by atoms with van der Waals surface area (Å²) in [5.41, 5.74) is 13.9. The molecule has 1 aromatic heterocycles. The van der Waals surface area contributed by atoms with Gasteiger partial charge in [-0.1, -0.05) is 24.3 Å². The molecule has 1 aliphatic rings. The average molecular weight is 494 g/mol. The van der Waals surface area contributed by atoms with E-state index < -0.39 is 12.4 Å². The lowest BCUT2D eigenvalue weighted by Gasteiger charge is -2.27. The molecule has 0 saturated carbocycles. The van der Waals surface area contributed by atoms with E-state index in [1.807, 2.05) is 6.07 Å². The highest BCUT2D eigenvalue weighted by Crippen LogP contribution is 2.41. The number of aliphatic imine (C=N–C) groups is 1. The maximum atomic E-state index is 12.4. The van der Waals surface area contributed by atoms with Crippen LogP contribution in [0.5, 0.6) is 11.5 Å². The number of nitrogen functional groups attached to an aromatic ring is 2. The smallest absolute Gasteiger partial charge is 0.489 e. The first-order valence-corrected chi connectivity index (χ1v) is 10.3. The molecule has 0 spiro atoms. The lowest BCUT2D eigenvalue weighted by Crippen LogP contribution is -2.33. The van der Waals surface area contributed by atoms with Gasteiger partial charge in [-0.25, -0.2) is 9.98 Å². The molecule has 0 aliphatic carbocycles. The van der Waals surface area contributed by atoms with Gasteiger partial charge in [-0.15, -0.1) is 13.2 Å². The second-order valence-electron chi connectivity index (χ2n) is 7.41. The number of benzene rings is 2. The molecule has 4 rings (SSSR count). The zero-order valence-corrected chi connectivity index (χ0v) is 18.3. The van der Waals surface area contributed by atoms with Crippen LogP contribution < -0.4 is 31.6 Å². The van der Waals surface area contributed by atoms with Crippen molar-refractivity contribution in [1.29, 1.82) is 10.5 Å². The van der Waals surface area contributed by atoms with Crippen LogP contribution in [0.2, 0.25) is 0 Å². The number of ether oxygens (including phenoxy) is 2. The second kappa shape index (κ2) is 9.60. The van der Waals surface area contributed by atoms with Crippen LogP contribution in [0, 0.1) is 22.8 Å². The van der Waals surface area contributed by atoms with E-state index >= 15 is 0 Å².